The van der Waals surface area contributed by atoms with Crippen molar-refractivity contribution in [2.75, 3.05) is 14.1 Å². The summed E-state index contributed by atoms with van der Waals surface area (Å²) in [6.07, 6.45) is 1.82. The number of benzene rings is 1. The third-order valence-electron chi connectivity index (χ3n) is 2.41. The Morgan fingerprint density at radius 2 is 1.75 bits per heavy atom. The average Bonchev–Trinajstić information content (AvgIpc) is 2.30. The summed E-state index contributed by atoms with van der Waals surface area (Å²) in [5.41, 5.74) is 3.52. The zero-order valence-electron chi connectivity index (χ0n) is 9.72. The molecule has 1 heterocycles. The predicted octanol–water partition coefficient (Wildman–Crippen LogP) is 2.81. The minimum atomic E-state index is 0.975. The molecule has 2 nitrogen and oxygen atoms in total. The van der Waals surface area contributed by atoms with Gasteiger partial charge < -0.3 is 4.90 Å². The summed E-state index contributed by atoms with van der Waals surface area (Å²) in [6.45, 7) is 0.975. The van der Waals surface area contributed by atoms with Gasteiger partial charge in [-0.25, -0.2) is 0 Å². The van der Waals surface area contributed by atoms with Gasteiger partial charge in [0.1, 0.15) is 0 Å². The van der Waals surface area contributed by atoms with E-state index in [1.165, 1.54) is 11.1 Å². The van der Waals surface area contributed by atoms with E-state index < -0.39 is 0 Å². The Balaban J connectivity index is 2.20. The lowest BCUT2D eigenvalue weighted by atomic mass is 10.1. The monoisotopic (exact) mass is 212 g/mol. The van der Waals surface area contributed by atoms with E-state index >= 15 is 0 Å². The Kier molecular flexibility index (Phi) is 3.32. The molecule has 0 spiro atoms. The van der Waals surface area contributed by atoms with E-state index in [1.807, 2.05) is 24.4 Å². The van der Waals surface area contributed by atoms with Crippen molar-refractivity contribution in [2.24, 2.45) is 0 Å². The van der Waals surface area contributed by atoms with E-state index in [2.05, 4.69) is 48.2 Å². The first-order valence-electron chi connectivity index (χ1n) is 5.41. The lowest BCUT2D eigenvalue weighted by Gasteiger charge is -2.09. The number of aromatic nitrogens is 1. The van der Waals surface area contributed by atoms with Gasteiger partial charge in [0.05, 0.1) is 5.69 Å². The first-order valence-corrected chi connectivity index (χ1v) is 5.41. The molecule has 82 valence electrons. The minimum absolute atomic E-state index is 0.975. The van der Waals surface area contributed by atoms with Crippen molar-refractivity contribution >= 4 is 0 Å². The number of pyridine rings is 1. The summed E-state index contributed by atoms with van der Waals surface area (Å²) in [6, 6.07) is 14.5. The van der Waals surface area contributed by atoms with Crippen LogP contribution in [0.1, 0.15) is 5.56 Å². The SMILES string of the molecule is CN(C)Cc1ccc(-c2ccccn2)cc1. The van der Waals surface area contributed by atoms with Gasteiger partial charge >= 0.3 is 0 Å². The van der Waals surface area contributed by atoms with Gasteiger partial charge in [0.15, 0.2) is 0 Å². The predicted molar refractivity (Wildman–Crippen MR) is 67.1 cm³/mol. The fourth-order valence-corrected chi connectivity index (χ4v) is 1.68. The van der Waals surface area contributed by atoms with Crippen molar-refractivity contribution in [3.8, 4) is 11.3 Å². The molecule has 2 aromatic rings. The fourth-order valence-electron chi connectivity index (χ4n) is 1.68. The van der Waals surface area contributed by atoms with Gasteiger partial charge in [-0.05, 0) is 31.8 Å². The fraction of sp³-hybridized carbons (Fsp3) is 0.214. The molecule has 0 saturated carbocycles. The molecular weight excluding hydrogens is 196 g/mol. The second kappa shape index (κ2) is 4.90. The quantitative estimate of drug-likeness (QED) is 0.777. The van der Waals surface area contributed by atoms with Crippen LogP contribution in [0.15, 0.2) is 48.7 Å². The molecule has 0 N–H and O–H groups in total. The van der Waals surface area contributed by atoms with Crippen LogP contribution >= 0.6 is 0 Å². The van der Waals surface area contributed by atoms with E-state index in [0.717, 1.165) is 12.2 Å². The van der Waals surface area contributed by atoms with Crippen LogP contribution in [0.2, 0.25) is 0 Å². The molecule has 2 heteroatoms. The number of hydrogen-bond acceptors (Lipinski definition) is 2. The molecule has 0 amide bonds. The van der Waals surface area contributed by atoms with Gasteiger partial charge in [-0.2, -0.15) is 0 Å². The Morgan fingerprint density at radius 1 is 1.00 bits per heavy atom. The highest BCUT2D eigenvalue weighted by atomic mass is 15.0. The molecule has 0 unspecified atom stereocenters. The topological polar surface area (TPSA) is 16.1 Å². The van der Waals surface area contributed by atoms with Crippen molar-refractivity contribution < 1.29 is 0 Å². The number of hydrogen-bond donors (Lipinski definition) is 0. The molecule has 0 aliphatic heterocycles. The van der Waals surface area contributed by atoms with Crippen molar-refractivity contribution in [1.82, 2.24) is 9.88 Å². The van der Waals surface area contributed by atoms with Crippen molar-refractivity contribution in [1.29, 1.82) is 0 Å². The standard InChI is InChI=1S/C14H16N2/c1-16(2)11-12-6-8-13(9-7-12)14-5-3-4-10-15-14/h3-10H,11H2,1-2H3. The molecule has 0 bridgehead atoms. The second-order valence-electron chi connectivity index (χ2n) is 4.15. The summed E-state index contributed by atoms with van der Waals surface area (Å²) < 4.78 is 0. The lowest BCUT2D eigenvalue weighted by molar-refractivity contribution is 0.402. The first kappa shape index (κ1) is 10.8. The maximum absolute atomic E-state index is 4.33. The Hall–Kier alpha value is -1.67. The molecule has 0 radical (unpaired) electrons. The van der Waals surface area contributed by atoms with Crippen LogP contribution in [-0.4, -0.2) is 24.0 Å². The molecular formula is C14H16N2. The summed E-state index contributed by atoms with van der Waals surface area (Å²) in [5.74, 6) is 0. The van der Waals surface area contributed by atoms with E-state index in [0.29, 0.717) is 0 Å². The molecule has 0 aliphatic rings. The molecule has 1 aromatic heterocycles. The van der Waals surface area contributed by atoms with Gasteiger partial charge in [0.25, 0.3) is 0 Å². The maximum atomic E-state index is 4.33. The summed E-state index contributed by atoms with van der Waals surface area (Å²) in [5, 5.41) is 0. The van der Waals surface area contributed by atoms with E-state index in [-0.39, 0.29) is 0 Å². The average molecular weight is 212 g/mol. The van der Waals surface area contributed by atoms with Crippen molar-refractivity contribution in [2.45, 2.75) is 6.54 Å². The van der Waals surface area contributed by atoms with Crippen LogP contribution in [0, 0.1) is 0 Å². The Bertz CT molecular complexity index is 432. The zero-order chi connectivity index (χ0) is 11.4. The van der Waals surface area contributed by atoms with Crippen LogP contribution in [0.5, 0.6) is 0 Å². The lowest BCUT2D eigenvalue weighted by Crippen LogP contribution is -2.10. The summed E-state index contributed by atoms with van der Waals surface area (Å²) >= 11 is 0. The van der Waals surface area contributed by atoms with Crippen molar-refractivity contribution in [3.63, 3.8) is 0 Å². The Labute approximate surface area is 96.6 Å². The third kappa shape index (κ3) is 2.67. The summed E-state index contributed by atoms with van der Waals surface area (Å²) in [4.78, 5) is 6.49. The van der Waals surface area contributed by atoms with E-state index in [9.17, 15) is 0 Å². The first-order chi connectivity index (χ1) is 7.75. The zero-order valence-corrected chi connectivity index (χ0v) is 9.72. The van der Waals surface area contributed by atoms with E-state index in [4.69, 9.17) is 0 Å². The number of nitrogens with zero attached hydrogens (tertiary/aromatic N) is 2. The summed E-state index contributed by atoms with van der Waals surface area (Å²) in [7, 11) is 4.15. The second-order valence-corrected chi connectivity index (χ2v) is 4.15. The van der Waals surface area contributed by atoms with Gasteiger partial charge in [0.2, 0.25) is 0 Å². The molecule has 2 rings (SSSR count). The molecule has 0 aliphatic carbocycles. The van der Waals surface area contributed by atoms with Gasteiger partial charge in [-0.3, -0.25) is 4.98 Å². The maximum Gasteiger partial charge on any atom is 0.0701 e. The highest BCUT2D eigenvalue weighted by molar-refractivity contribution is 5.58. The molecule has 16 heavy (non-hydrogen) atoms. The third-order valence-corrected chi connectivity index (χ3v) is 2.41. The molecule has 0 saturated heterocycles. The molecule has 1 aromatic carbocycles. The minimum Gasteiger partial charge on any atom is -0.305 e. The van der Waals surface area contributed by atoms with Crippen LogP contribution in [0.25, 0.3) is 11.3 Å². The van der Waals surface area contributed by atoms with Crippen LogP contribution in [0.4, 0.5) is 0 Å². The van der Waals surface area contributed by atoms with Gasteiger partial charge in [0, 0.05) is 18.3 Å². The van der Waals surface area contributed by atoms with Crippen molar-refractivity contribution in [3.05, 3.63) is 54.2 Å². The van der Waals surface area contributed by atoms with Gasteiger partial charge in [-0.1, -0.05) is 30.3 Å². The Morgan fingerprint density at radius 3 is 2.31 bits per heavy atom. The highest BCUT2D eigenvalue weighted by Crippen LogP contribution is 2.17. The van der Waals surface area contributed by atoms with Crippen LogP contribution in [-0.2, 0) is 6.54 Å². The number of rotatable bonds is 3. The molecule has 0 atom stereocenters. The van der Waals surface area contributed by atoms with E-state index in [1.54, 1.807) is 0 Å². The smallest absolute Gasteiger partial charge is 0.0701 e. The van der Waals surface area contributed by atoms with Gasteiger partial charge in [-0.15, -0.1) is 0 Å². The molecule has 0 fully saturated rings. The normalized spacial score (nSPS) is 10.7. The largest absolute Gasteiger partial charge is 0.305 e. The highest BCUT2D eigenvalue weighted by Gasteiger charge is 1.99. The van der Waals surface area contributed by atoms with Crippen LogP contribution in [0.3, 0.4) is 0 Å². The van der Waals surface area contributed by atoms with Crippen LogP contribution < -0.4 is 0 Å².